The molecule has 5 heteroatoms. The lowest BCUT2D eigenvalue weighted by molar-refractivity contribution is 0.0860. The molecule has 0 radical (unpaired) electrons. The lowest BCUT2D eigenvalue weighted by Gasteiger charge is -2.28. The van der Waals surface area contributed by atoms with Gasteiger partial charge in [0, 0.05) is 10.3 Å². The molecule has 0 spiro atoms. The van der Waals surface area contributed by atoms with Crippen LogP contribution in [-0.2, 0) is 9.09 Å². The van der Waals surface area contributed by atoms with E-state index in [9.17, 15) is 9.46 Å². The van der Waals surface area contributed by atoms with Crippen molar-refractivity contribution in [3.05, 3.63) is 10.3 Å². The van der Waals surface area contributed by atoms with Crippen molar-refractivity contribution in [2.45, 2.75) is 26.4 Å². The highest BCUT2D eigenvalue weighted by atomic mass is 79.9. The second-order valence-corrected chi connectivity index (χ2v) is 5.82. The summed E-state index contributed by atoms with van der Waals surface area (Å²) in [6.45, 7) is 5.69. The highest BCUT2D eigenvalue weighted by Crippen LogP contribution is 2.60. The van der Waals surface area contributed by atoms with E-state index < -0.39 is 13.2 Å². The normalized spacial score (nSPS) is 42.0. The summed E-state index contributed by atoms with van der Waals surface area (Å²) in [4.78, 5) is 9.18. The second-order valence-electron chi connectivity index (χ2n) is 3.39. The van der Waals surface area contributed by atoms with E-state index in [-0.39, 0.29) is 5.92 Å². The van der Waals surface area contributed by atoms with Gasteiger partial charge in [0.15, 0.2) is 0 Å². The summed E-state index contributed by atoms with van der Waals surface area (Å²) in [5, 5.41) is 0. The Labute approximate surface area is 80.5 Å². The van der Waals surface area contributed by atoms with E-state index in [1.165, 1.54) is 5.82 Å². The van der Waals surface area contributed by atoms with Crippen LogP contribution in [-0.4, -0.2) is 10.5 Å². The predicted molar refractivity (Wildman–Crippen MR) is 51.2 cm³/mol. The molecule has 0 saturated heterocycles. The fraction of sp³-hybridized carbons (Fsp3) is 0.714. The van der Waals surface area contributed by atoms with Crippen LogP contribution in [0.25, 0.3) is 0 Å². The standard InChI is InChI=1S/C7H12BrO3P/c1-5(2)7(3)6(8)4-12(9,10)11-7/h4-5H,1-3H3,(H,9,10). The molecule has 1 N–H and O–H groups in total. The smallest absolute Gasteiger partial charge is 0.321 e. The van der Waals surface area contributed by atoms with Gasteiger partial charge in [-0.05, 0) is 12.8 Å². The predicted octanol–water partition coefficient (Wildman–Crippen LogP) is 2.85. The maximum absolute atomic E-state index is 11.2. The fourth-order valence-corrected chi connectivity index (χ4v) is 3.88. The van der Waals surface area contributed by atoms with Gasteiger partial charge in [-0.3, -0.25) is 9.09 Å². The van der Waals surface area contributed by atoms with Crippen molar-refractivity contribution < 1.29 is 14.0 Å². The van der Waals surface area contributed by atoms with Gasteiger partial charge in [-0.1, -0.05) is 29.8 Å². The third-order valence-corrected chi connectivity index (χ3v) is 4.77. The molecule has 0 fully saturated rings. The Bertz CT molecular complexity index is 274. The molecule has 0 aromatic rings. The summed E-state index contributed by atoms with van der Waals surface area (Å²) in [6, 6.07) is 0. The zero-order chi connectivity index (χ0) is 9.57. The van der Waals surface area contributed by atoms with Gasteiger partial charge in [0.1, 0.15) is 5.60 Å². The van der Waals surface area contributed by atoms with Gasteiger partial charge in [0.25, 0.3) is 0 Å². The van der Waals surface area contributed by atoms with Crippen LogP contribution >= 0.6 is 23.5 Å². The molecule has 2 atom stereocenters. The second kappa shape index (κ2) is 2.95. The minimum absolute atomic E-state index is 0.158. The SMILES string of the molecule is CC(C)C1(C)OP(=O)(O)C=C1Br. The van der Waals surface area contributed by atoms with E-state index in [0.717, 1.165) is 0 Å². The van der Waals surface area contributed by atoms with Gasteiger partial charge >= 0.3 is 7.60 Å². The molecule has 1 aliphatic heterocycles. The first kappa shape index (κ1) is 10.5. The molecule has 70 valence electrons. The van der Waals surface area contributed by atoms with Gasteiger partial charge in [-0.2, -0.15) is 0 Å². The Morgan fingerprint density at radius 2 is 2.25 bits per heavy atom. The molecule has 1 rings (SSSR count). The average Bonchev–Trinajstić information content (AvgIpc) is 2.03. The first-order chi connectivity index (χ1) is 5.28. The summed E-state index contributed by atoms with van der Waals surface area (Å²) in [5.74, 6) is 1.42. The molecule has 12 heavy (non-hydrogen) atoms. The Balaban J connectivity index is 3.02. The molecule has 0 saturated carbocycles. The number of hydrogen-bond acceptors (Lipinski definition) is 2. The van der Waals surface area contributed by atoms with Crippen molar-refractivity contribution in [1.82, 2.24) is 0 Å². The van der Waals surface area contributed by atoms with E-state index in [1.807, 2.05) is 13.8 Å². The minimum Gasteiger partial charge on any atom is -0.321 e. The van der Waals surface area contributed by atoms with Crippen molar-refractivity contribution in [1.29, 1.82) is 0 Å². The van der Waals surface area contributed by atoms with Crippen molar-refractivity contribution in [3.8, 4) is 0 Å². The Kier molecular flexibility index (Phi) is 2.57. The van der Waals surface area contributed by atoms with Crippen LogP contribution in [0.3, 0.4) is 0 Å². The van der Waals surface area contributed by atoms with E-state index in [4.69, 9.17) is 4.52 Å². The zero-order valence-corrected chi connectivity index (χ0v) is 9.72. The van der Waals surface area contributed by atoms with E-state index in [0.29, 0.717) is 4.48 Å². The van der Waals surface area contributed by atoms with Crippen LogP contribution < -0.4 is 0 Å². The molecule has 0 bridgehead atoms. The van der Waals surface area contributed by atoms with Crippen LogP contribution in [0.5, 0.6) is 0 Å². The Morgan fingerprint density at radius 3 is 2.42 bits per heavy atom. The van der Waals surface area contributed by atoms with Crippen molar-refractivity contribution in [3.63, 3.8) is 0 Å². The topological polar surface area (TPSA) is 46.5 Å². The number of rotatable bonds is 1. The van der Waals surface area contributed by atoms with Crippen LogP contribution in [0.15, 0.2) is 10.3 Å². The Morgan fingerprint density at radius 1 is 1.75 bits per heavy atom. The highest BCUT2D eigenvalue weighted by Gasteiger charge is 2.45. The van der Waals surface area contributed by atoms with Crippen molar-refractivity contribution in [2.24, 2.45) is 5.92 Å². The monoisotopic (exact) mass is 254 g/mol. The van der Waals surface area contributed by atoms with E-state index in [1.54, 1.807) is 6.92 Å². The lowest BCUT2D eigenvalue weighted by atomic mass is 9.93. The number of hydrogen-bond donors (Lipinski definition) is 1. The molecule has 0 aliphatic carbocycles. The summed E-state index contributed by atoms with van der Waals surface area (Å²) in [7, 11) is -3.48. The highest BCUT2D eigenvalue weighted by molar-refractivity contribution is 9.11. The van der Waals surface area contributed by atoms with Crippen LogP contribution in [0, 0.1) is 5.92 Å². The molecule has 2 unspecified atom stereocenters. The van der Waals surface area contributed by atoms with Crippen molar-refractivity contribution in [2.75, 3.05) is 0 Å². The summed E-state index contributed by atoms with van der Waals surface area (Å²) < 4.78 is 16.9. The third-order valence-electron chi connectivity index (χ3n) is 2.17. The molecule has 0 aromatic carbocycles. The van der Waals surface area contributed by atoms with Gasteiger partial charge < -0.3 is 4.89 Å². The molecule has 1 heterocycles. The van der Waals surface area contributed by atoms with Crippen LogP contribution in [0.4, 0.5) is 0 Å². The minimum atomic E-state index is -3.48. The molecule has 0 aromatic heterocycles. The summed E-state index contributed by atoms with van der Waals surface area (Å²) >= 11 is 3.24. The maximum atomic E-state index is 11.2. The molecular formula is C7H12BrO3P. The molecule has 1 aliphatic rings. The third kappa shape index (κ3) is 1.67. The van der Waals surface area contributed by atoms with Crippen molar-refractivity contribution >= 4 is 23.5 Å². The molecular weight excluding hydrogens is 243 g/mol. The first-order valence-electron chi connectivity index (χ1n) is 3.70. The molecule has 3 nitrogen and oxygen atoms in total. The quantitative estimate of drug-likeness (QED) is 0.733. The zero-order valence-electron chi connectivity index (χ0n) is 7.24. The van der Waals surface area contributed by atoms with Crippen LogP contribution in [0.2, 0.25) is 0 Å². The molecule has 0 amide bonds. The van der Waals surface area contributed by atoms with E-state index >= 15 is 0 Å². The summed E-state index contributed by atoms with van der Waals surface area (Å²) in [5.41, 5.74) is -0.649. The number of halogens is 1. The van der Waals surface area contributed by atoms with Gasteiger partial charge in [0.05, 0.1) is 0 Å². The van der Waals surface area contributed by atoms with E-state index in [2.05, 4.69) is 15.9 Å². The maximum Gasteiger partial charge on any atom is 0.353 e. The summed E-state index contributed by atoms with van der Waals surface area (Å²) in [6.07, 6.45) is 0. The fourth-order valence-electron chi connectivity index (χ4n) is 0.994. The van der Waals surface area contributed by atoms with Gasteiger partial charge in [-0.25, -0.2) is 0 Å². The van der Waals surface area contributed by atoms with Crippen LogP contribution in [0.1, 0.15) is 20.8 Å². The average molecular weight is 255 g/mol. The Hall–Kier alpha value is 0.370. The first-order valence-corrected chi connectivity index (χ1v) is 6.14. The largest absolute Gasteiger partial charge is 0.353 e. The lowest BCUT2D eigenvalue weighted by Crippen LogP contribution is -2.30. The van der Waals surface area contributed by atoms with Gasteiger partial charge in [-0.15, -0.1) is 0 Å². The van der Waals surface area contributed by atoms with Gasteiger partial charge in [0.2, 0.25) is 0 Å².